The third kappa shape index (κ3) is 3.21. The summed E-state index contributed by atoms with van der Waals surface area (Å²) in [5.74, 6) is -0.151. The van der Waals surface area contributed by atoms with Crippen LogP contribution >= 0.6 is 27.3 Å². The third-order valence-corrected chi connectivity index (χ3v) is 8.37. The Bertz CT molecular complexity index is 1360. The first-order valence-corrected chi connectivity index (χ1v) is 11.7. The Morgan fingerprint density at radius 1 is 1.13 bits per heavy atom. The Labute approximate surface area is 185 Å². The average Bonchev–Trinajstić information content (AvgIpc) is 3.35. The van der Waals surface area contributed by atoms with Crippen LogP contribution in [0.3, 0.4) is 0 Å². The minimum absolute atomic E-state index is 0.168. The zero-order valence-electron chi connectivity index (χ0n) is 15.8. The molecule has 0 aliphatic rings. The lowest BCUT2D eigenvalue weighted by Gasteiger charge is -2.08. The first-order chi connectivity index (χ1) is 14.4. The van der Waals surface area contributed by atoms with Crippen molar-refractivity contribution in [3.8, 4) is 16.2 Å². The number of ether oxygens (including phenoxy) is 2. The van der Waals surface area contributed by atoms with Gasteiger partial charge in [0.05, 0.1) is 28.5 Å². The van der Waals surface area contributed by atoms with Gasteiger partial charge >= 0.3 is 5.97 Å². The fraction of sp³-hybridized carbons (Fsp3) is 0.100. The fourth-order valence-electron chi connectivity index (χ4n) is 3.09. The molecular formula is C20H15BrN2O5S2. The van der Waals surface area contributed by atoms with Crippen molar-refractivity contribution in [2.24, 2.45) is 0 Å². The van der Waals surface area contributed by atoms with Crippen molar-refractivity contribution in [3.63, 3.8) is 0 Å². The van der Waals surface area contributed by atoms with Crippen LogP contribution in [-0.2, 0) is 14.8 Å². The number of halogens is 1. The van der Waals surface area contributed by atoms with Gasteiger partial charge in [-0.1, -0.05) is 18.2 Å². The number of thiophene rings is 1. The summed E-state index contributed by atoms with van der Waals surface area (Å²) >= 11 is 4.69. The van der Waals surface area contributed by atoms with E-state index < -0.39 is 16.0 Å². The molecule has 0 amide bonds. The number of rotatable bonds is 5. The maximum absolute atomic E-state index is 13.1. The van der Waals surface area contributed by atoms with Crippen LogP contribution in [-0.4, -0.2) is 37.6 Å². The molecule has 0 saturated carbocycles. The zero-order valence-corrected chi connectivity index (χ0v) is 19.0. The minimum atomic E-state index is -3.81. The first kappa shape index (κ1) is 20.6. The summed E-state index contributed by atoms with van der Waals surface area (Å²) in [6.45, 7) is 0. The quantitative estimate of drug-likeness (QED) is 0.368. The molecule has 0 unspecified atom stereocenters. The summed E-state index contributed by atoms with van der Waals surface area (Å²) in [7, 11) is -1.04. The van der Waals surface area contributed by atoms with E-state index in [1.54, 1.807) is 30.3 Å². The molecular weight excluding hydrogens is 492 g/mol. The van der Waals surface area contributed by atoms with Gasteiger partial charge in [-0.2, -0.15) is 0 Å². The Balaban J connectivity index is 1.93. The topological polar surface area (TPSA) is 87.5 Å². The van der Waals surface area contributed by atoms with Gasteiger partial charge in [-0.25, -0.2) is 22.2 Å². The molecule has 10 heteroatoms. The van der Waals surface area contributed by atoms with E-state index in [0.29, 0.717) is 30.9 Å². The van der Waals surface area contributed by atoms with Gasteiger partial charge < -0.3 is 9.47 Å². The molecule has 1 aromatic carbocycles. The van der Waals surface area contributed by atoms with Crippen LogP contribution in [0.15, 0.2) is 64.2 Å². The van der Waals surface area contributed by atoms with Gasteiger partial charge in [-0.3, -0.25) is 0 Å². The van der Waals surface area contributed by atoms with Gasteiger partial charge in [0.25, 0.3) is 10.0 Å². The van der Waals surface area contributed by atoms with Crippen molar-refractivity contribution in [1.29, 1.82) is 0 Å². The fourth-order valence-corrected chi connectivity index (χ4v) is 6.48. The summed E-state index contributed by atoms with van der Waals surface area (Å²) in [4.78, 5) is 17.6. The number of hydrogen-bond acceptors (Lipinski definition) is 7. The normalized spacial score (nSPS) is 11.6. The second-order valence-corrected chi connectivity index (χ2v) is 9.75. The van der Waals surface area contributed by atoms with Crippen LogP contribution in [0.4, 0.5) is 0 Å². The lowest BCUT2D eigenvalue weighted by atomic mass is 10.1. The van der Waals surface area contributed by atoms with Crippen LogP contribution in [0.5, 0.6) is 5.75 Å². The maximum atomic E-state index is 13.1. The molecule has 3 aromatic heterocycles. The molecule has 0 fully saturated rings. The number of pyridine rings is 1. The van der Waals surface area contributed by atoms with Gasteiger partial charge in [-0.15, -0.1) is 11.3 Å². The summed E-state index contributed by atoms with van der Waals surface area (Å²) < 4.78 is 38.1. The predicted octanol–water partition coefficient (Wildman–Crippen LogP) is 4.56. The molecule has 0 atom stereocenters. The number of carbonyl (C=O) groups is 1. The number of esters is 1. The zero-order chi connectivity index (χ0) is 21.5. The molecule has 0 spiro atoms. The molecule has 30 heavy (non-hydrogen) atoms. The smallest absolute Gasteiger partial charge is 0.351 e. The van der Waals surface area contributed by atoms with E-state index in [9.17, 15) is 13.2 Å². The number of carbonyl (C=O) groups excluding carboxylic acids is 1. The van der Waals surface area contributed by atoms with Crippen LogP contribution in [0.2, 0.25) is 0 Å². The molecule has 3 heterocycles. The van der Waals surface area contributed by atoms with Gasteiger partial charge in [0, 0.05) is 23.3 Å². The highest BCUT2D eigenvalue weighted by atomic mass is 79.9. The van der Waals surface area contributed by atoms with E-state index in [1.807, 2.05) is 0 Å². The lowest BCUT2D eigenvalue weighted by molar-refractivity contribution is 0.0603. The van der Waals surface area contributed by atoms with E-state index in [0.717, 1.165) is 3.97 Å². The van der Waals surface area contributed by atoms with Crippen LogP contribution in [0, 0.1) is 0 Å². The van der Waals surface area contributed by atoms with Crippen molar-refractivity contribution in [3.05, 3.63) is 64.2 Å². The number of benzene rings is 1. The Kier molecular flexibility index (Phi) is 5.39. The molecule has 4 rings (SSSR count). The van der Waals surface area contributed by atoms with Crippen molar-refractivity contribution in [1.82, 2.24) is 8.96 Å². The van der Waals surface area contributed by atoms with E-state index in [4.69, 9.17) is 9.47 Å². The molecule has 0 N–H and O–H groups in total. The van der Waals surface area contributed by atoms with Crippen molar-refractivity contribution < 1.29 is 22.7 Å². The van der Waals surface area contributed by atoms with E-state index in [-0.39, 0.29) is 10.5 Å². The van der Waals surface area contributed by atoms with Crippen LogP contribution < -0.4 is 4.74 Å². The highest BCUT2D eigenvalue weighted by Crippen LogP contribution is 2.47. The number of aromatic nitrogens is 2. The summed E-state index contributed by atoms with van der Waals surface area (Å²) in [6.07, 6.45) is 3.01. The molecule has 4 aromatic rings. The van der Waals surface area contributed by atoms with E-state index in [2.05, 4.69) is 20.9 Å². The largest absolute Gasteiger partial charge is 0.494 e. The van der Waals surface area contributed by atoms with Crippen molar-refractivity contribution in [2.45, 2.75) is 4.90 Å². The molecule has 154 valence electrons. The standard InChI is InChI=1S/C20H15BrN2O5S2/c1-27-16-15(21)17(29-18(16)20(24)28-2)13-8-10-22-19-14(13)9-11-23(19)30(25,26)12-6-4-3-5-7-12/h3-11H,1-2H3. The highest BCUT2D eigenvalue weighted by molar-refractivity contribution is 9.10. The molecule has 0 aliphatic carbocycles. The van der Waals surface area contributed by atoms with Gasteiger partial charge in [0.1, 0.15) is 0 Å². The Hall–Kier alpha value is -2.69. The van der Waals surface area contributed by atoms with Crippen LogP contribution in [0.25, 0.3) is 21.5 Å². The number of nitrogens with zero attached hydrogens (tertiary/aromatic N) is 2. The molecule has 0 bridgehead atoms. The SMILES string of the molecule is COC(=O)c1sc(-c2ccnc3c2ccn3S(=O)(=O)c2ccccc2)c(Br)c1OC. The molecule has 0 saturated heterocycles. The van der Waals surface area contributed by atoms with Crippen molar-refractivity contribution >= 4 is 54.3 Å². The first-order valence-electron chi connectivity index (χ1n) is 8.61. The third-order valence-electron chi connectivity index (χ3n) is 4.48. The number of hydrogen-bond donors (Lipinski definition) is 0. The minimum Gasteiger partial charge on any atom is -0.494 e. The Morgan fingerprint density at radius 3 is 2.53 bits per heavy atom. The molecule has 7 nitrogen and oxygen atoms in total. The number of fused-ring (bicyclic) bond motifs is 1. The maximum Gasteiger partial charge on any atom is 0.351 e. The highest BCUT2D eigenvalue weighted by Gasteiger charge is 2.26. The van der Waals surface area contributed by atoms with E-state index >= 15 is 0 Å². The summed E-state index contributed by atoms with van der Waals surface area (Å²) in [6, 6.07) is 11.6. The second kappa shape index (κ2) is 7.86. The molecule has 0 radical (unpaired) electrons. The summed E-state index contributed by atoms with van der Waals surface area (Å²) in [5.41, 5.74) is 1.00. The second-order valence-electron chi connectivity index (χ2n) is 6.12. The predicted molar refractivity (Wildman–Crippen MR) is 118 cm³/mol. The van der Waals surface area contributed by atoms with E-state index in [1.165, 1.54) is 50.1 Å². The van der Waals surface area contributed by atoms with Gasteiger partial charge in [0.15, 0.2) is 16.3 Å². The van der Waals surface area contributed by atoms with Crippen LogP contribution in [0.1, 0.15) is 9.67 Å². The molecule has 0 aliphatic heterocycles. The average molecular weight is 507 g/mol. The number of methoxy groups -OCH3 is 2. The summed E-state index contributed by atoms with van der Waals surface area (Å²) in [5, 5.41) is 0.623. The monoisotopic (exact) mass is 506 g/mol. The van der Waals surface area contributed by atoms with Gasteiger partial charge in [0.2, 0.25) is 0 Å². The Morgan fingerprint density at radius 2 is 1.87 bits per heavy atom. The van der Waals surface area contributed by atoms with Crippen molar-refractivity contribution in [2.75, 3.05) is 14.2 Å². The van der Waals surface area contributed by atoms with Gasteiger partial charge in [-0.05, 0) is 40.2 Å². The lowest BCUT2D eigenvalue weighted by Crippen LogP contribution is -2.12.